The lowest BCUT2D eigenvalue weighted by molar-refractivity contribution is -0.384. The number of nitrogens with zero attached hydrogens (tertiary/aromatic N) is 2. The number of hydrogen-bond donors (Lipinski definition) is 1. The molecule has 92 valence electrons. The maximum Gasteiger partial charge on any atom is 0.271 e. The van der Waals surface area contributed by atoms with Gasteiger partial charge in [0.05, 0.1) is 15.6 Å². The van der Waals surface area contributed by atoms with Gasteiger partial charge in [-0.2, -0.15) is 0 Å². The molecule has 0 aliphatic rings. The number of non-ortho nitro benzene ring substituents is 1. The molecule has 0 aliphatic heterocycles. The number of benzene rings is 1. The highest BCUT2D eigenvalue weighted by Gasteiger charge is 2.09. The van der Waals surface area contributed by atoms with Crippen molar-refractivity contribution in [2.75, 3.05) is 5.32 Å². The molecule has 2 aromatic rings. The second-order valence-corrected chi connectivity index (χ2v) is 4.04. The van der Waals surface area contributed by atoms with Gasteiger partial charge in [-0.05, 0) is 17.7 Å². The largest absolute Gasteiger partial charge is 0.379 e. The first kappa shape index (κ1) is 12.3. The van der Waals surface area contributed by atoms with E-state index in [1.165, 1.54) is 18.2 Å². The fourth-order valence-corrected chi connectivity index (χ4v) is 1.65. The Balaban J connectivity index is 2.14. The van der Waals surface area contributed by atoms with Gasteiger partial charge in [0.15, 0.2) is 0 Å². The molecule has 0 saturated heterocycles. The van der Waals surface area contributed by atoms with Crippen molar-refractivity contribution < 1.29 is 4.92 Å². The third kappa shape index (κ3) is 2.95. The lowest BCUT2D eigenvalue weighted by atomic mass is 10.2. The molecule has 0 atom stereocenters. The maximum absolute atomic E-state index is 10.7. The molecule has 0 radical (unpaired) electrons. The van der Waals surface area contributed by atoms with E-state index in [-0.39, 0.29) is 5.69 Å². The van der Waals surface area contributed by atoms with Crippen LogP contribution in [0.2, 0.25) is 5.02 Å². The van der Waals surface area contributed by atoms with E-state index in [2.05, 4.69) is 10.3 Å². The average molecular weight is 264 g/mol. The summed E-state index contributed by atoms with van der Waals surface area (Å²) in [5.41, 5.74) is 1.52. The zero-order valence-corrected chi connectivity index (χ0v) is 10.1. The van der Waals surface area contributed by atoms with Crippen LogP contribution in [0.15, 0.2) is 42.7 Å². The van der Waals surface area contributed by atoms with Gasteiger partial charge in [0.25, 0.3) is 5.69 Å². The smallest absolute Gasteiger partial charge is 0.271 e. The summed E-state index contributed by atoms with van der Waals surface area (Å²) >= 11 is 5.97. The van der Waals surface area contributed by atoms with Gasteiger partial charge in [0, 0.05) is 31.1 Å². The van der Waals surface area contributed by atoms with E-state index in [4.69, 9.17) is 11.6 Å². The summed E-state index contributed by atoms with van der Waals surface area (Å²) in [5.74, 6) is 0. The van der Waals surface area contributed by atoms with Gasteiger partial charge in [-0.1, -0.05) is 17.7 Å². The summed E-state index contributed by atoms with van der Waals surface area (Å²) in [6.07, 6.45) is 3.40. The zero-order chi connectivity index (χ0) is 13.0. The molecule has 1 heterocycles. The van der Waals surface area contributed by atoms with E-state index in [1.54, 1.807) is 12.4 Å². The lowest BCUT2D eigenvalue weighted by Gasteiger charge is -2.07. The molecule has 0 spiro atoms. The summed E-state index contributed by atoms with van der Waals surface area (Å²) in [6.45, 7) is 0.509. The highest BCUT2D eigenvalue weighted by atomic mass is 35.5. The van der Waals surface area contributed by atoms with Crippen LogP contribution in [0.5, 0.6) is 0 Å². The van der Waals surface area contributed by atoms with Crippen molar-refractivity contribution in [3.8, 4) is 0 Å². The molecule has 1 N–H and O–H groups in total. The van der Waals surface area contributed by atoms with Gasteiger partial charge in [-0.15, -0.1) is 0 Å². The Morgan fingerprint density at radius 3 is 2.89 bits per heavy atom. The van der Waals surface area contributed by atoms with Crippen molar-refractivity contribution in [2.24, 2.45) is 0 Å². The fraction of sp³-hybridized carbons (Fsp3) is 0.0833. The number of hydrogen-bond acceptors (Lipinski definition) is 4. The Labute approximate surface area is 109 Å². The minimum absolute atomic E-state index is 0.00749. The van der Waals surface area contributed by atoms with Crippen molar-refractivity contribution in [3.05, 3.63) is 63.4 Å². The molecule has 1 aromatic carbocycles. The minimum atomic E-state index is -0.453. The van der Waals surface area contributed by atoms with Gasteiger partial charge < -0.3 is 5.32 Å². The predicted molar refractivity (Wildman–Crippen MR) is 69.7 cm³/mol. The topological polar surface area (TPSA) is 68.1 Å². The summed E-state index contributed by atoms with van der Waals surface area (Å²) in [5, 5.41) is 14.2. The van der Waals surface area contributed by atoms with E-state index in [0.29, 0.717) is 17.3 Å². The summed E-state index contributed by atoms with van der Waals surface area (Å²) < 4.78 is 0. The molecule has 2 rings (SSSR count). The first-order chi connectivity index (χ1) is 8.66. The molecule has 0 amide bonds. The molecular formula is C12H10ClN3O2. The normalized spacial score (nSPS) is 10.1. The SMILES string of the molecule is O=[N+]([O-])c1ccc(Cl)c(NCc2cccnc2)c1. The summed E-state index contributed by atoms with van der Waals surface area (Å²) in [6, 6.07) is 8.03. The Kier molecular flexibility index (Phi) is 3.74. The monoisotopic (exact) mass is 263 g/mol. The average Bonchev–Trinajstić information content (AvgIpc) is 2.38. The first-order valence-corrected chi connectivity index (χ1v) is 5.61. The van der Waals surface area contributed by atoms with Crippen LogP contribution in [0, 0.1) is 10.1 Å². The molecule has 0 saturated carbocycles. The van der Waals surface area contributed by atoms with Crippen molar-refractivity contribution >= 4 is 23.0 Å². The fourth-order valence-electron chi connectivity index (χ4n) is 1.46. The van der Waals surface area contributed by atoms with Crippen molar-refractivity contribution in [2.45, 2.75) is 6.54 Å². The van der Waals surface area contributed by atoms with Gasteiger partial charge in [0.2, 0.25) is 0 Å². The van der Waals surface area contributed by atoms with Crippen LogP contribution in [0.3, 0.4) is 0 Å². The van der Waals surface area contributed by atoms with Gasteiger partial charge in [-0.25, -0.2) is 0 Å². The molecule has 0 bridgehead atoms. The maximum atomic E-state index is 10.7. The third-order valence-corrected chi connectivity index (χ3v) is 2.70. The number of nitrogens with one attached hydrogen (secondary N) is 1. The molecule has 1 aromatic heterocycles. The predicted octanol–water partition coefficient (Wildman–Crippen LogP) is 3.26. The van der Waals surface area contributed by atoms with E-state index < -0.39 is 4.92 Å². The van der Waals surface area contributed by atoms with Crippen molar-refractivity contribution in [1.29, 1.82) is 0 Å². The molecule has 0 fully saturated rings. The van der Waals surface area contributed by atoms with Crippen molar-refractivity contribution in [1.82, 2.24) is 4.98 Å². The highest BCUT2D eigenvalue weighted by Crippen LogP contribution is 2.26. The van der Waals surface area contributed by atoms with Crippen LogP contribution >= 0.6 is 11.6 Å². The Morgan fingerprint density at radius 1 is 1.39 bits per heavy atom. The Hall–Kier alpha value is -2.14. The van der Waals surface area contributed by atoms with Crippen LogP contribution in [-0.2, 0) is 6.54 Å². The van der Waals surface area contributed by atoms with Gasteiger partial charge >= 0.3 is 0 Å². The Morgan fingerprint density at radius 2 is 2.22 bits per heavy atom. The van der Waals surface area contributed by atoms with Crippen molar-refractivity contribution in [3.63, 3.8) is 0 Å². The first-order valence-electron chi connectivity index (χ1n) is 5.23. The van der Waals surface area contributed by atoms with Gasteiger partial charge in [0.1, 0.15) is 0 Å². The third-order valence-electron chi connectivity index (χ3n) is 2.37. The number of rotatable bonds is 4. The van der Waals surface area contributed by atoms with Crippen LogP contribution in [0.4, 0.5) is 11.4 Å². The quantitative estimate of drug-likeness (QED) is 0.679. The second-order valence-electron chi connectivity index (χ2n) is 3.64. The second kappa shape index (κ2) is 5.46. The summed E-state index contributed by atoms with van der Waals surface area (Å²) in [4.78, 5) is 14.2. The Bertz CT molecular complexity index is 561. The number of nitro benzene ring substituents is 1. The minimum Gasteiger partial charge on any atom is -0.379 e. The molecule has 5 nitrogen and oxygen atoms in total. The molecule has 0 aliphatic carbocycles. The van der Waals surface area contributed by atoms with E-state index in [9.17, 15) is 10.1 Å². The number of pyridine rings is 1. The van der Waals surface area contributed by atoms with Crippen LogP contribution in [0.1, 0.15) is 5.56 Å². The lowest BCUT2D eigenvalue weighted by Crippen LogP contribution is -2.01. The number of nitro groups is 1. The van der Waals surface area contributed by atoms with Crippen LogP contribution < -0.4 is 5.32 Å². The zero-order valence-electron chi connectivity index (χ0n) is 9.34. The highest BCUT2D eigenvalue weighted by molar-refractivity contribution is 6.33. The number of halogens is 1. The molecular weight excluding hydrogens is 254 g/mol. The summed E-state index contributed by atoms with van der Waals surface area (Å²) in [7, 11) is 0. The van der Waals surface area contributed by atoms with Gasteiger partial charge in [-0.3, -0.25) is 15.1 Å². The van der Waals surface area contributed by atoms with E-state index >= 15 is 0 Å². The molecule has 6 heteroatoms. The standard InChI is InChI=1S/C12H10ClN3O2/c13-11-4-3-10(16(17)18)6-12(11)15-8-9-2-1-5-14-7-9/h1-7,15H,8H2. The molecule has 18 heavy (non-hydrogen) atoms. The molecule has 0 unspecified atom stereocenters. The number of anilines is 1. The number of aromatic nitrogens is 1. The van der Waals surface area contributed by atoms with Crippen LogP contribution in [0.25, 0.3) is 0 Å². The van der Waals surface area contributed by atoms with E-state index in [0.717, 1.165) is 5.56 Å². The van der Waals surface area contributed by atoms with E-state index in [1.807, 2.05) is 12.1 Å². The van der Waals surface area contributed by atoms with Crippen LogP contribution in [-0.4, -0.2) is 9.91 Å².